The first-order valence-corrected chi connectivity index (χ1v) is 10.7. The van der Waals surface area contributed by atoms with Crippen LogP contribution in [0, 0.1) is 35.3 Å². The summed E-state index contributed by atoms with van der Waals surface area (Å²) in [7, 11) is 0. The molecular weight excluding hydrogens is 326 g/mol. The van der Waals surface area contributed by atoms with Crippen molar-refractivity contribution >= 4 is 0 Å². The molecule has 0 spiro atoms. The third kappa shape index (κ3) is 5.41. The fourth-order valence-electron chi connectivity index (χ4n) is 5.24. The van der Waals surface area contributed by atoms with Crippen molar-refractivity contribution in [2.75, 3.05) is 0 Å². The number of rotatable bonds is 6. The summed E-state index contributed by atoms with van der Waals surface area (Å²) in [5, 5.41) is 0. The van der Waals surface area contributed by atoms with Gasteiger partial charge in [0.15, 0.2) is 11.6 Å². The van der Waals surface area contributed by atoms with E-state index in [1.165, 1.54) is 69.9 Å². The standard InChI is InChI=1S/C24H34F2/c1-2-3-4-18-7-12-21(13-8-18)22-14-9-19(10-15-22)5-6-20-11-16-23(25)24(26)17-20/h2-3,11,16-19,21-22H,4-10,12-15H2,1H3. The van der Waals surface area contributed by atoms with Gasteiger partial charge in [-0.05, 0) is 106 Å². The number of hydrogen-bond donors (Lipinski definition) is 0. The Morgan fingerprint density at radius 3 is 2.04 bits per heavy atom. The zero-order valence-electron chi connectivity index (χ0n) is 16.2. The lowest BCUT2D eigenvalue weighted by molar-refractivity contribution is 0.144. The molecule has 0 atom stereocenters. The zero-order chi connectivity index (χ0) is 18.4. The SMILES string of the molecule is CC=CCC1CCC(C2CCC(CCc3ccc(F)c(F)c3)CC2)CC1. The molecule has 0 aromatic heterocycles. The number of allylic oxidation sites excluding steroid dienone is 2. The molecular formula is C24H34F2. The molecule has 2 fully saturated rings. The van der Waals surface area contributed by atoms with Crippen LogP contribution in [-0.4, -0.2) is 0 Å². The van der Waals surface area contributed by atoms with Crippen LogP contribution in [0.15, 0.2) is 30.4 Å². The first kappa shape index (κ1) is 19.6. The lowest BCUT2D eigenvalue weighted by atomic mass is 9.68. The summed E-state index contributed by atoms with van der Waals surface area (Å²) in [6.45, 7) is 2.12. The molecule has 0 radical (unpaired) electrons. The van der Waals surface area contributed by atoms with E-state index in [0.717, 1.165) is 42.1 Å². The van der Waals surface area contributed by atoms with Crippen molar-refractivity contribution in [3.05, 3.63) is 47.5 Å². The van der Waals surface area contributed by atoms with Gasteiger partial charge < -0.3 is 0 Å². The number of benzene rings is 1. The minimum Gasteiger partial charge on any atom is -0.204 e. The van der Waals surface area contributed by atoms with Crippen LogP contribution in [-0.2, 0) is 6.42 Å². The van der Waals surface area contributed by atoms with Crippen molar-refractivity contribution in [2.45, 2.75) is 77.6 Å². The highest BCUT2D eigenvalue weighted by atomic mass is 19.2. The second-order valence-electron chi connectivity index (χ2n) is 8.65. The summed E-state index contributed by atoms with van der Waals surface area (Å²) < 4.78 is 26.3. The van der Waals surface area contributed by atoms with Crippen LogP contribution in [0.2, 0.25) is 0 Å². The minimum absolute atomic E-state index is 0.712. The van der Waals surface area contributed by atoms with E-state index in [1.54, 1.807) is 6.07 Å². The fraction of sp³-hybridized carbons (Fsp3) is 0.667. The van der Waals surface area contributed by atoms with E-state index in [4.69, 9.17) is 0 Å². The van der Waals surface area contributed by atoms with Crippen LogP contribution in [0.5, 0.6) is 0 Å². The molecule has 26 heavy (non-hydrogen) atoms. The largest absolute Gasteiger partial charge is 0.204 e. The molecule has 0 unspecified atom stereocenters. The van der Waals surface area contributed by atoms with Gasteiger partial charge in [0, 0.05) is 0 Å². The normalized spacial score (nSPS) is 30.0. The number of halogens is 2. The Bertz CT molecular complexity index is 576. The summed E-state index contributed by atoms with van der Waals surface area (Å²) in [6.07, 6.45) is 18.9. The molecule has 0 saturated heterocycles. The van der Waals surface area contributed by atoms with Gasteiger partial charge >= 0.3 is 0 Å². The second kappa shape index (κ2) is 9.67. The Morgan fingerprint density at radius 2 is 1.46 bits per heavy atom. The quantitative estimate of drug-likeness (QED) is 0.461. The van der Waals surface area contributed by atoms with Gasteiger partial charge in [0.05, 0.1) is 0 Å². The molecule has 1 aromatic rings. The Kier molecular flexibility index (Phi) is 7.28. The molecule has 0 aliphatic heterocycles. The van der Waals surface area contributed by atoms with Crippen LogP contribution >= 0.6 is 0 Å². The van der Waals surface area contributed by atoms with Crippen LogP contribution in [0.25, 0.3) is 0 Å². The molecule has 0 bridgehead atoms. The van der Waals surface area contributed by atoms with Crippen LogP contribution in [0.4, 0.5) is 8.78 Å². The van der Waals surface area contributed by atoms with Crippen LogP contribution in [0.1, 0.15) is 76.7 Å². The Morgan fingerprint density at radius 1 is 0.846 bits per heavy atom. The van der Waals surface area contributed by atoms with Gasteiger partial charge in [-0.2, -0.15) is 0 Å². The van der Waals surface area contributed by atoms with Gasteiger partial charge in [-0.3, -0.25) is 0 Å². The third-order valence-corrected chi connectivity index (χ3v) is 6.98. The van der Waals surface area contributed by atoms with E-state index >= 15 is 0 Å². The predicted octanol–water partition coefficient (Wildman–Crippen LogP) is 7.48. The number of hydrogen-bond acceptors (Lipinski definition) is 0. The van der Waals surface area contributed by atoms with Crippen molar-refractivity contribution in [3.63, 3.8) is 0 Å². The van der Waals surface area contributed by atoms with E-state index in [9.17, 15) is 8.78 Å². The first-order chi connectivity index (χ1) is 12.7. The van der Waals surface area contributed by atoms with Gasteiger partial charge in [-0.1, -0.05) is 31.1 Å². The first-order valence-electron chi connectivity index (χ1n) is 10.7. The molecule has 2 aliphatic rings. The monoisotopic (exact) mass is 360 g/mol. The Labute approximate surface area is 158 Å². The molecule has 0 amide bonds. The maximum absolute atomic E-state index is 13.3. The van der Waals surface area contributed by atoms with E-state index in [-0.39, 0.29) is 0 Å². The molecule has 3 rings (SSSR count). The van der Waals surface area contributed by atoms with Crippen molar-refractivity contribution in [1.29, 1.82) is 0 Å². The maximum Gasteiger partial charge on any atom is 0.159 e. The highest BCUT2D eigenvalue weighted by Gasteiger charge is 2.30. The molecule has 144 valence electrons. The lowest BCUT2D eigenvalue weighted by Gasteiger charge is -2.37. The second-order valence-corrected chi connectivity index (χ2v) is 8.65. The average molecular weight is 361 g/mol. The summed E-state index contributed by atoms with van der Waals surface area (Å²) in [6, 6.07) is 4.36. The van der Waals surface area contributed by atoms with Crippen molar-refractivity contribution in [3.8, 4) is 0 Å². The molecule has 1 aromatic carbocycles. The van der Waals surface area contributed by atoms with Crippen LogP contribution < -0.4 is 0 Å². The van der Waals surface area contributed by atoms with Crippen molar-refractivity contribution in [1.82, 2.24) is 0 Å². The van der Waals surface area contributed by atoms with Crippen molar-refractivity contribution < 1.29 is 8.78 Å². The fourth-order valence-corrected chi connectivity index (χ4v) is 5.24. The maximum atomic E-state index is 13.3. The summed E-state index contributed by atoms with van der Waals surface area (Å²) in [5.41, 5.74) is 0.936. The van der Waals surface area contributed by atoms with E-state index in [2.05, 4.69) is 19.1 Å². The molecule has 0 heterocycles. The Balaban J connectivity index is 1.37. The van der Waals surface area contributed by atoms with Gasteiger partial charge in [-0.25, -0.2) is 8.78 Å². The molecule has 0 nitrogen and oxygen atoms in total. The average Bonchev–Trinajstić information content (AvgIpc) is 2.68. The minimum atomic E-state index is -0.741. The topological polar surface area (TPSA) is 0 Å². The highest BCUT2D eigenvalue weighted by molar-refractivity contribution is 5.17. The van der Waals surface area contributed by atoms with E-state index in [0.29, 0.717) is 0 Å². The molecule has 2 heteroatoms. The molecule has 2 aliphatic carbocycles. The third-order valence-electron chi connectivity index (χ3n) is 6.98. The Hall–Kier alpha value is -1.18. The van der Waals surface area contributed by atoms with E-state index < -0.39 is 11.6 Å². The number of aryl methyl sites for hydroxylation is 1. The molecule has 2 saturated carbocycles. The van der Waals surface area contributed by atoms with Gasteiger partial charge in [-0.15, -0.1) is 0 Å². The van der Waals surface area contributed by atoms with Gasteiger partial charge in [0.2, 0.25) is 0 Å². The van der Waals surface area contributed by atoms with Crippen molar-refractivity contribution in [2.24, 2.45) is 23.7 Å². The smallest absolute Gasteiger partial charge is 0.159 e. The zero-order valence-corrected chi connectivity index (χ0v) is 16.2. The summed E-state index contributed by atoms with van der Waals surface area (Å²) >= 11 is 0. The summed E-state index contributed by atoms with van der Waals surface area (Å²) in [5.74, 6) is 2.15. The van der Waals surface area contributed by atoms with Gasteiger partial charge in [0.1, 0.15) is 0 Å². The highest BCUT2D eigenvalue weighted by Crippen LogP contribution is 2.42. The lowest BCUT2D eigenvalue weighted by Crippen LogP contribution is -2.26. The predicted molar refractivity (Wildman–Crippen MR) is 105 cm³/mol. The van der Waals surface area contributed by atoms with Gasteiger partial charge in [0.25, 0.3) is 0 Å². The summed E-state index contributed by atoms with van der Waals surface area (Å²) in [4.78, 5) is 0. The van der Waals surface area contributed by atoms with E-state index in [1.807, 2.05) is 0 Å². The van der Waals surface area contributed by atoms with Crippen LogP contribution in [0.3, 0.4) is 0 Å². The molecule has 0 N–H and O–H groups in total.